The molecule has 1 heterocycles. The first-order valence-corrected chi connectivity index (χ1v) is 13.4. The number of anilines is 1. The summed E-state index contributed by atoms with van der Waals surface area (Å²) >= 11 is 0. The van der Waals surface area contributed by atoms with Crippen LogP contribution in [-0.2, 0) is 16.1 Å². The number of fused-ring (bicyclic) bond motifs is 1. The summed E-state index contributed by atoms with van der Waals surface area (Å²) in [5, 5.41) is 11.5. The highest BCUT2D eigenvalue weighted by molar-refractivity contribution is 6.01. The molecule has 208 valence electrons. The molecule has 0 unspecified atom stereocenters. The Balaban J connectivity index is 1.60. The van der Waals surface area contributed by atoms with E-state index in [9.17, 15) is 14.0 Å². The maximum absolute atomic E-state index is 14.5. The van der Waals surface area contributed by atoms with Crippen molar-refractivity contribution in [1.82, 2.24) is 20.3 Å². The van der Waals surface area contributed by atoms with Crippen LogP contribution in [0.2, 0.25) is 0 Å². The number of nitrogens with zero attached hydrogens (tertiary/aromatic N) is 4. The quantitative estimate of drug-likeness (QED) is 0.324. The van der Waals surface area contributed by atoms with Crippen molar-refractivity contribution in [3.05, 3.63) is 78.1 Å². The molecule has 40 heavy (non-hydrogen) atoms. The summed E-state index contributed by atoms with van der Waals surface area (Å²) in [5.41, 5.74) is 2.04. The number of carbonyl (C=O) groups excluding carboxylic acids is 2. The fourth-order valence-corrected chi connectivity index (χ4v) is 5.27. The summed E-state index contributed by atoms with van der Waals surface area (Å²) in [4.78, 5) is 29.5. The van der Waals surface area contributed by atoms with Gasteiger partial charge in [0, 0.05) is 11.7 Å². The molecule has 0 bridgehead atoms. The van der Waals surface area contributed by atoms with E-state index in [0.717, 1.165) is 32.1 Å². The first-order chi connectivity index (χ1) is 19.5. The van der Waals surface area contributed by atoms with Gasteiger partial charge in [-0.15, -0.1) is 5.10 Å². The highest BCUT2D eigenvalue weighted by Gasteiger charge is 2.35. The minimum absolute atomic E-state index is 0.00684. The van der Waals surface area contributed by atoms with E-state index >= 15 is 0 Å². The smallest absolute Gasteiger partial charge is 0.249 e. The van der Waals surface area contributed by atoms with Crippen molar-refractivity contribution in [3.8, 4) is 11.5 Å². The maximum Gasteiger partial charge on any atom is 0.249 e. The molecule has 9 nitrogen and oxygen atoms in total. The Bertz CT molecular complexity index is 1500. The lowest BCUT2D eigenvalue weighted by Gasteiger charge is -2.33. The van der Waals surface area contributed by atoms with Gasteiger partial charge in [-0.3, -0.25) is 14.5 Å². The standard InChI is InChI=1S/C30H32FN5O4/c1-39-26-16-15-20(17-27(26)40-2)29(30(38)32-22-10-4-3-5-11-22)36(23-12-8-9-21(31)18-23)28(37)19-35-25-14-7-6-13-24(25)33-34-35/h6-9,12-18,22,29H,3-5,10-11,19H2,1-2H3,(H,32,38)/t29-/m1/s1. The lowest BCUT2D eigenvalue weighted by atomic mass is 9.94. The van der Waals surface area contributed by atoms with Gasteiger partial charge in [0.05, 0.1) is 19.7 Å². The van der Waals surface area contributed by atoms with Gasteiger partial charge >= 0.3 is 0 Å². The second kappa shape index (κ2) is 12.1. The van der Waals surface area contributed by atoms with Crippen LogP contribution >= 0.6 is 0 Å². The predicted octanol–water partition coefficient (Wildman–Crippen LogP) is 4.81. The Kier molecular flexibility index (Phi) is 8.23. The van der Waals surface area contributed by atoms with E-state index in [2.05, 4.69) is 15.6 Å². The SMILES string of the molecule is COc1ccc([C@H](C(=O)NC2CCCCC2)N(C(=O)Cn2nnc3ccccc32)c2cccc(F)c2)cc1OC. The zero-order valence-electron chi connectivity index (χ0n) is 22.5. The van der Waals surface area contributed by atoms with Crippen molar-refractivity contribution in [2.45, 2.75) is 50.7 Å². The molecule has 1 saturated carbocycles. The van der Waals surface area contributed by atoms with E-state index in [4.69, 9.17) is 9.47 Å². The number of methoxy groups -OCH3 is 2. The molecule has 0 aliphatic heterocycles. The van der Waals surface area contributed by atoms with Crippen LogP contribution in [0.1, 0.15) is 43.7 Å². The Hall–Kier alpha value is -4.47. The molecule has 2 amide bonds. The van der Waals surface area contributed by atoms with Gasteiger partial charge in [-0.1, -0.05) is 48.7 Å². The number of hydrogen-bond acceptors (Lipinski definition) is 6. The molecular weight excluding hydrogens is 513 g/mol. The number of halogens is 1. The molecule has 4 aromatic rings. The van der Waals surface area contributed by atoms with Gasteiger partial charge in [-0.25, -0.2) is 9.07 Å². The third kappa shape index (κ3) is 5.75. The highest BCUT2D eigenvalue weighted by atomic mass is 19.1. The lowest BCUT2D eigenvalue weighted by molar-refractivity contribution is -0.127. The number of amides is 2. The van der Waals surface area contributed by atoms with Crippen molar-refractivity contribution in [2.75, 3.05) is 19.1 Å². The highest BCUT2D eigenvalue weighted by Crippen LogP contribution is 2.35. The monoisotopic (exact) mass is 545 g/mol. The second-order valence-electron chi connectivity index (χ2n) is 9.84. The van der Waals surface area contributed by atoms with Crippen LogP contribution in [0.25, 0.3) is 11.0 Å². The first-order valence-electron chi connectivity index (χ1n) is 13.4. The van der Waals surface area contributed by atoms with E-state index in [-0.39, 0.29) is 24.2 Å². The number of carbonyl (C=O) groups is 2. The van der Waals surface area contributed by atoms with Gasteiger partial charge in [-0.05, 0) is 60.9 Å². The fourth-order valence-electron chi connectivity index (χ4n) is 5.27. The Morgan fingerprint density at radius 3 is 2.52 bits per heavy atom. The summed E-state index contributed by atoms with van der Waals surface area (Å²) in [5.74, 6) is -0.458. The Morgan fingerprint density at radius 2 is 1.77 bits per heavy atom. The molecule has 0 radical (unpaired) electrons. The molecule has 1 aliphatic carbocycles. The molecule has 10 heteroatoms. The normalized spacial score (nSPS) is 14.5. The Morgan fingerprint density at radius 1 is 1.00 bits per heavy atom. The van der Waals surface area contributed by atoms with Crippen LogP contribution in [0.5, 0.6) is 11.5 Å². The summed E-state index contributed by atoms with van der Waals surface area (Å²) < 4.78 is 26.9. The third-order valence-electron chi connectivity index (χ3n) is 7.24. The van der Waals surface area contributed by atoms with Crippen molar-refractivity contribution < 1.29 is 23.5 Å². The zero-order chi connectivity index (χ0) is 28.1. The molecule has 1 fully saturated rings. The number of hydrogen-bond donors (Lipinski definition) is 1. The second-order valence-corrected chi connectivity index (χ2v) is 9.84. The summed E-state index contributed by atoms with van der Waals surface area (Å²) in [6.07, 6.45) is 4.91. The van der Waals surface area contributed by atoms with Gasteiger partial charge in [0.15, 0.2) is 11.5 Å². The minimum Gasteiger partial charge on any atom is -0.493 e. The number of benzene rings is 3. The van der Waals surface area contributed by atoms with E-state index in [1.54, 1.807) is 30.3 Å². The maximum atomic E-state index is 14.5. The molecule has 0 saturated heterocycles. The summed E-state index contributed by atoms with van der Waals surface area (Å²) in [6.45, 7) is -0.211. The van der Waals surface area contributed by atoms with Gasteiger partial charge < -0.3 is 14.8 Å². The average Bonchev–Trinajstić information content (AvgIpc) is 3.38. The lowest BCUT2D eigenvalue weighted by Crippen LogP contribution is -2.48. The molecule has 1 aromatic heterocycles. The Labute approximate surface area is 231 Å². The number of nitrogens with one attached hydrogen (secondary N) is 1. The number of rotatable bonds is 9. The number of para-hydroxylation sites is 1. The number of ether oxygens (including phenoxy) is 2. The molecule has 3 aromatic carbocycles. The van der Waals surface area contributed by atoms with Crippen molar-refractivity contribution in [2.24, 2.45) is 0 Å². The minimum atomic E-state index is -1.12. The van der Waals surface area contributed by atoms with Crippen LogP contribution in [0, 0.1) is 5.82 Å². The molecule has 5 rings (SSSR count). The van der Waals surface area contributed by atoms with E-state index in [1.165, 1.54) is 42.0 Å². The first kappa shape index (κ1) is 27.1. The molecular formula is C30H32FN5O4. The number of aromatic nitrogens is 3. The van der Waals surface area contributed by atoms with E-state index < -0.39 is 17.8 Å². The fraction of sp³-hybridized carbons (Fsp3) is 0.333. The molecule has 1 atom stereocenters. The zero-order valence-corrected chi connectivity index (χ0v) is 22.5. The van der Waals surface area contributed by atoms with Gasteiger partial charge in [-0.2, -0.15) is 0 Å². The summed E-state index contributed by atoms with van der Waals surface area (Å²) in [7, 11) is 3.03. The van der Waals surface area contributed by atoms with Crippen molar-refractivity contribution >= 4 is 28.5 Å². The van der Waals surface area contributed by atoms with Crippen molar-refractivity contribution in [1.29, 1.82) is 0 Å². The van der Waals surface area contributed by atoms with Crippen LogP contribution in [-0.4, -0.2) is 47.1 Å². The van der Waals surface area contributed by atoms with Crippen LogP contribution in [0.4, 0.5) is 10.1 Å². The molecule has 1 N–H and O–H groups in total. The largest absolute Gasteiger partial charge is 0.493 e. The summed E-state index contributed by atoms with van der Waals surface area (Å²) in [6, 6.07) is 16.9. The molecule has 1 aliphatic rings. The van der Waals surface area contributed by atoms with Crippen LogP contribution in [0.3, 0.4) is 0 Å². The average molecular weight is 546 g/mol. The molecule has 0 spiro atoms. The van der Waals surface area contributed by atoms with Crippen LogP contribution < -0.4 is 19.7 Å². The van der Waals surface area contributed by atoms with Crippen molar-refractivity contribution in [3.63, 3.8) is 0 Å². The predicted molar refractivity (Wildman–Crippen MR) is 149 cm³/mol. The topological polar surface area (TPSA) is 98.6 Å². The third-order valence-corrected chi connectivity index (χ3v) is 7.24. The van der Waals surface area contributed by atoms with Crippen LogP contribution in [0.15, 0.2) is 66.7 Å². The van der Waals surface area contributed by atoms with Gasteiger partial charge in [0.1, 0.15) is 23.9 Å². The van der Waals surface area contributed by atoms with E-state index in [1.807, 2.05) is 18.2 Å². The van der Waals surface area contributed by atoms with E-state index in [0.29, 0.717) is 28.1 Å². The van der Waals surface area contributed by atoms with Gasteiger partial charge in [0.25, 0.3) is 0 Å². The van der Waals surface area contributed by atoms with Gasteiger partial charge in [0.2, 0.25) is 11.8 Å².